The molecular weight excluding hydrogens is 318 g/mol. The second-order valence-electron chi connectivity index (χ2n) is 6.40. The van der Waals surface area contributed by atoms with E-state index in [1.165, 1.54) is 10.5 Å². The van der Waals surface area contributed by atoms with Crippen molar-refractivity contribution >= 4 is 17.7 Å². The Balaban J connectivity index is 1.91. The van der Waals surface area contributed by atoms with Gasteiger partial charge in [-0.25, -0.2) is 4.98 Å². The number of rotatable bonds is 4. The number of hydrogen-bond donors (Lipinski definition) is 1. The molecule has 0 radical (unpaired) electrons. The van der Waals surface area contributed by atoms with Gasteiger partial charge in [-0.3, -0.25) is 4.79 Å². The van der Waals surface area contributed by atoms with E-state index < -0.39 is 0 Å². The molecular formula is C19H25N3OS. The Morgan fingerprint density at radius 1 is 1.42 bits per heavy atom. The number of likely N-dealkylation sites (tertiary alicyclic amines) is 1. The van der Waals surface area contributed by atoms with Crippen LogP contribution in [-0.4, -0.2) is 38.8 Å². The number of H-pyrrole nitrogens is 1. The van der Waals surface area contributed by atoms with Crippen molar-refractivity contribution in [2.45, 2.75) is 44.4 Å². The Bertz CT molecular complexity index is 744. The zero-order valence-electron chi connectivity index (χ0n) is 15.5. The summed E-state index contributed by atoms with van der Waals surface area (Å²) < 4.78 is 8.31. The topological polar surface area (TPSA) is 49.0 Å². The number of carbonyl (C=O) groups is 1. The summed E-state index contributed by atoms with van der Waals surface area (Å²) in [5.74, 6) is 0.814. The highest BCUT2D eigenvalue weighted by Gasteiger charge is 2.32. The van der Waals surface area contributed by atoms with Gasteiger partial charge in [0.25, 0.3) is 0 Å². The monoisotopic (exact) mass is 344 g/mol. The molecule has 0 aliphatic carbocycles. The van der Waals surface area contributed by atoms with E-state index in [1.807, 2.05) is 30.2 Å². The fourth-order valence-corrected chi connectivity index (χ4v) is 3.47. The summed E-state index contributed by atoms with van der Waals surface area (Å²) in [5.41, 5.74) is 2.99. The summed E-state index contributed by atoms with van der Waals surface area (Å²) in [4.78, 5) is 20.7. The number of nitrogens with zero attached hydrogens (tertiary/aromatic N) is 2. The Morgan fingerprint density at radius 2 is 2.17 bits per heavy atom. The van der Waals surface area contributed by atoms with Crippen molar-refractivity contribution in [3.63, 3.8) is 0 Å². The van der Waals surface area contributed by atoms with Gasteiger partial charge >= 0.3 is 0 Å². The Kier molecular flexibility index (Phi) is 4.88. The third kappa shape index (κ3) is 3.51. The second kappa shape index (κ2) is 7.43. The lowest BCUT2D eigenvalue weighted by atomic mass is 10.0. The third-order valence-corrected chi connectivity index (χ3v) is 5.60. The van der Waals surface area contributed by atoms with Crippen LogP contribution in [0.2, 0.25) is 1.41 Å². The molecule has 1 aliphatic rings. The zero-order valence-corrected chi connectivity index (χ0v) is 15.3. The Morgan fingerprint density at radius 3 is 2.88 bits per heavy atom. The van der Waals surface area contributed by atoms with Crippen molar-refractivity contribution in [1.82, 2.24) is 14.9 Å². The van der Waals surface area contributed by atoms with E-state index in [0.29, 0.717) is 5.82 Å². The number of benzene rings is 1. The number of carbonyl (C=O) groups excluding carboxylic acids is 1. The molecule has 2 aromatic rings. The van der Waals surface area contributed by atoms with Gasteiger partial charge < -0.3 is 9.88 Å². The van der Waals surface area contributed by atoms with Gasteiger partial charge in [-0.2, -0.15) is 11.8 Å². The van der Waals surface area contributed by atoms with Gasteiger partial charge in [0.05, 0.1) is 17.0 Å². The van der Waals surface area contributed by atoms with Gasteiger partial charge in [0.1, 0.15) is 5.82 Å². The highest BCUT2D eigenvalue weighted by molar-refractivity contribution is 7.99. The SMILES string of the molecule is [2H]n1cc(-c2ccc(C)cc2)nc1C1CCCCN1C(=O)C(C)SC. The summed E-state index contributed by atoms with van der Waals surface area (Å²) in [6, 6.07) is 8.05. The van der Waals surface area contributed by atoms with Crippen LogP contribution in [0, 0.1) is 6.92 Å². The average Bonchev–Trinajstić information content (AvgIpc) is 3.02. The number of hydrogen-bond acceptors (Lipinski definition) is 3. The first-order chi connectivity index (χ1) is 12.0. The molecule has 5 heteroatoms. The molecule has 1 saturated heterocycles. The molecule has 3 rings (SSSR count). The molecule has 128 valence electrons. The Labute approximate surface area is 149 Å². The molecule has 2 heterocycles. The number of amides is 1. The predicted octanol–water partition coefficient (Wildman–Crippen LogP) is 4.19. The molecule has 1 aromatic heterocycles. The number of imidazole rings is 1. The minimum atomic E-state index is -0.104. The lowest BCUT2D eigenvalue weighted by molar-refractivity contribution is -0.134. The molecule has 2 unspecified atom stereocenters. The molecule has 0 saturated carbocycles. The lowest BCUT2D eigenvalue weighted by Crippen LogP contribution is -2.42. The quantitative estimate of drug-likeness (QED) is 0.905. The van der Waals surface area contributed by atoms with E-state index in [0.717, 1.165) is 37.1 Å². The van der Waals surface area contributed by atoms with Crippen molar-refractivity contribution in [3.8, 4) is 11.3 Å². The molecule has 1 N–H and O–H groups in total. The van der Waals surface area contributed by atoms with Crippen molar-refractivity contribution < 1.29 is 6.21 Å². The van der Waals surface area contributed by atoms with Crippen molar-refractivity contribution in [2.75, 3.05) is 12.8 Å². The first-order valence-electron chi connectivity index (χ1n) is 8.95. The van der Waals surface area contributed by atoms with E-state index in [-0.39, 0.29) is 17.2 Å². The number of aryl methyl sites for hydroxylation is 1. The number of nitrogens with one attached hydrogen (secondary N) is 1. The van der Waals surface area contributed by atoms with Crippen molar-refractivity contribution in [2.24, 2.45) is 0 Å². The van der Waals surface area contributed by atoms with Crippen LogP contribution in [0.15, 0.2) is 30.5 Å². The average molecular weight is 345 g/mol. The van der Waals surface area contributed by atoms with E-state index in [4.69, 9.17) is 6.40 Å². The van der Waals surface area contributed by atoms with Crippen LogP contribution in [0.25, 0.3) is 11.3 Å². The van der Waals surface area contributed by atoms with Crippen LogP contribution in [0.3, 0.4) is 0 Å². The molecule has 1 amide bonds. The predicted molar refractivity (Wildman–Crippen MR) is 100 cm³/mol. The summed E-state index contributed by atoms with van der Waals surface area (Å²) in [6.07, 6.45) is 6.66. The summed E-state index contributed by atoms with van der Waals surface area (Å²) in [6.45, 7) is 4.75. The molecule has 24 heavy (non-hydrogen) atoms. The minimum Gasteiger partial charge on any atom is -0.346 e. The number of thioether (sulfide) groups is 1. The fourth-order valence-electron chi connectivity index (χ4n) is 3.13. The van der Waals surface area contributed by atoms with Crippen LogP contribution in [0.5, 0.6) is 0 Å². The van der Waals surface area contributed by atoms with E-state index >= 15 is 0 Å². The number of aromatic amines is 1. The van der Waals surface area contributed by atoms with Gasteiger partial charge in [0.15, 0.2) is 1.41 Å². The Hall–Kier alpha value is -1.75. The van der Waals surface area contributed by atoms with Crippen LogP contribution in [0.1, 0.15) is 43.6 Å². The standard InChI is InChI=1S/C19H25N3OS/c1-13-7-9-15(10-8-13)16-12-20-18(21-16)17-6-4-5-11-22(17)19(23)14(2)24-3/h7-10,12,14,17H,4-6,11H2,1-3H3,(H,20,21)/i/hD. The maximum Gasteiger partial charge on any atom is 0.236 e. The zero-order chi connectivity index (χ0) is 18.0. The number of piperidine rings is 1. The minimum absolute atomic E-state index is 0.0636. The van der Waals surface area contributed by atoms with E-state index in [9.17, 15) is 4.79 Å². The van der Waals surface area contributed by atoms with Gasteiger partial charge in [-0.1, -0.05) is 29.8 Å². The molecule has 1 fully saturated rings. The largest absolute Gasteiger partial charge is 0.346 e. The normalized spacial score (nSPS) is 19.9. The maximum atomic E-state index is 12.7. The highest BCUT2D eigenvalue weighted by atomic mass is 32.2. The summed E-state index contributed by atoms with van der Waals surface area (Å²) in [5, 5.41) is -0.0636. The van der Waals surface area contributed by atoms with Crippen LogP contribution >= 0.6 is 11.8 Å². The second-order valence-corrected chi connectivity index (χ2v) is 7.58. The van der Waals surface area contributed by atoms with E-state index in [2.05, 4.69) is 19.1 Å². The summed E-state index contributed by atoms with van der Waals surface area (Å²) in [7, 11) is 0. The van der Waals surface area contributed by atoms with Gasteiger partial charge in [0.2, 0.25) is 5.91 Å². The smallest absolute Gasteiger partial charge is 0.236 e. The maximum absolute atomic E-state index is 12.7. The van der Waals surface area contributed by atoms with Crippen LogP contribution < -0.4 is 0 Å². The van der Waals surface area contributed by atoms with Gasteiger partial charge in [-0.05, 0) is 39.4 Å². The van der Waals surface area contributed by atoms with Gasteiger partial charge in [-0.15, -0.1) is 0 Å². The molecule has 2 atom stereocenters. The first-order valence-corrected chi connectivity index (χ1v) is 9.79. The van der Waals surface area contributed by atoms with Crippen molar-refractivity contribution in [3.05, 3.63) is 41.9 Å². The fraction of sp³-hybridized carbons (Fsp3) is 0.474. The number of aromatic nitrogens is 2. The van der Waals surface area contributed by atoms with Crippen LogP contribution in [0.4, 0.5) is 0 Å². The molecule has 0 spiro atoms. The van der Waals surface area contributed by atoms with Crippen molar-refractivity contribution in [1.29, 1.82) is 0 Å². The third-order valence-electron chi connectivity index (χ3n) is 4.69. The molecule has 1 aromatic carbocycles. The molecule has 1 aliphatic heterocycles. The molecule has 4 nitrogen and oxygen atoms in total. The highest BCUT2D eigenvalue weighted by Crippen LogP contribution is 2.32. The lowest BCUT2D eigenvalue weighted by Gasteiger charge is -2.36. The first kappa shape index (κ1) is 15.8. The summed E-state index contributed by atoms with van der Waals surface area (Å²) >= 11 is 1.57. The van der Waals surface area contributed by atoms with E-state index in [1.54, 1.807) is 18.0 Å². The van der Waals surface area contributed by atoms with Crippen LogP contribution in [-0.2, 0) is 4.79 Å². The molecule has 0 bridgehead atoms. The van der Waals surface area contributed by atoms with Gasteiger partial charge in [0, 0.05) is 18.3 Å².